The number of primary amides is 1. The van der Waals surface area contributed by atoms with E-state index >= 15 is 0 Å². The molecule has 666 valence electrons. The summed E-state index contributed by atoms with van der Waals surface area (Å²) < 4.78 is 0. The molecule has 0 spiro atoms. The van der Waals surface area contributed by atoms with E-state index in [9.17, 15) is 127 Å². The molecule has 15 amide bonds. The van der Waals surface area contributed by atoms with Gasteiger partial charge in [-0.2, -0.15) is 0 Å². The molecule has 0 aromatic heterocycles. The van der Waals surface area contributed by atoms with Crippen LogP contribution in [-0.4, -0.2) is 270 Å². The standard InChI is InChI=1S/C78H113N17O26/c1-39(2)26-49(69(111)89-54(32-61(81)101)66(108)82-36-62(102)83-57(78(120)121)31-44-16-22-47(100)23-17-44)85-71(113)52(29-42-12-18-45(98)19-13-42)88-68(110)50(27-40(3)4)86-76(118)59(38-97)94-74(116)56(34-65(106)107)90-67(109)48(10-7-8-24-79)84-73(115)55(33-64(104)105)91-70(112)51(28-41(5)6)87-75(117)58(37-96)93-72(114)53(30-43-14-20-46(99)21-15-43)92-77(119)60-11-9-25-95(60)63(103)35-80/h12-23,39-41,48-60,96-100H,7-11,24-38,79-80H2,1-6H3,(H2,81,101)(H,82,108)(H,83,102)(H,84,115)(H,85,113)(H,86,118)(H,87,117)(H,88,110)(H,89,111)(H,90,109)(H,91,112)(H,92,119)(H,93,114)(H,94,116)(H,104,105)(H,106,107)(H,120,121)/t48-,49-,50-,51-,52-,53-,54-,55-,56-,57-,58-,59-,60-/m0/s1. The molecule has 0 radical (unpaired) electrons. The third-order valence-electron chi connectivity index (χ3n) is 18.8. The molecule has 43 heteroatoms. The summed E-state index contributed by atoms with van der Waals surface area (Å²) in [4.78, 5) is 246. The molecule has 13 atom stereocenters. The third kappa shape index (κ3) is 35.4. The van der Waals surface area contributed by atoms with Crippen molar-refractivity contribution in [3.63, 3.8) is 0 Å². The topological polar surface area (TPSA) is 707 Å². The number of unbranched alkanes of at least 4 members (excludes halogenated alkanes) is 1. The van der Waals surface area contributed by atoms with Crippen molar-refractivity contribution in [3.05, 3.63) is 89.5 Å². The summed E-state index contributed by atoms with van der Waals surface area (Å²) in [5.41, 5.74) is 17.9. The van der Waals surface area contributed by atoms with Crippen LogP contribution >= 0.6 is 0 Å². The molecule has 1 aliphatic rings. The van der Waals surface area contributed by atoms with Crippen LogP contribution in [0.2, 0.25) is 0 Å². The molecule has 4 rings (SSSR count). The van der Waals surface area contributed by atoms with Gasteiger partial charge in [-0.05, 0) is 129 Å². The van der Waals surface area contributed by atoms with Gasteiger partial charge in [0.05, 0.1) is 45.6 Å². The van der Waals surface area contributed by atoms with Crippen LogP contribution in [0.4, 0.5) is 0 Å². The van der Waals surface area contributed by atoms with E-state index in [4.69, 9.17) is 17.2 Å². The van der Waals surface area contributed by atoms with Gasteiger partial charge in [-0.3, -0.25) is 81.5 Å². The number of carboxylic acids is 3. The predicted molar refractivity (Wildman–Crippen MR) is 427 cm³/mol. The van der Waals surface area contributed by atoms with Gasteiger partial charge < -0.3 is 132 Å². The Kier molecular flexibility index (Phi) is 41.9. The fourth-order valence-corrected chi connectivity index (χ4v) is 12.6. The number of phenolic OH excluding ortho intramolecular Hbond substituents is 3. The number of aliphatic hydroxyl groups excluding tert-OH is 2. The molecule has 1 aliphatic heterocycles. The zero-order valence-electron chi connectivity index (χ0n) is 67.9. The molecule has 3 aromatic carbocycles. The number of benzene rings is 3. The Bertz CT molecular complexity index is 4100. The maximum Gasteiger partial charge on any atom is 0.326 e. The molecule has 0 aliphatic carbocycles. The summed E-state index contributed by atoms with van der Waals surface area (Å²) in [7, 11) is 0. The van der Waals surface area contributed by atoms with Crippen molar-refractivity contribution in [1.82, 2.24) is 74.0 Å². The molecule has 43 nitrogen and oxygen atoms in total. The molecule has 3 aromatic rings. The lowest BCUT2D eigenvalue weighted by atomic mass is 9.99. The van der Waals surface area contributed by atoms with E-state index < -0.39 is 248 Å². The molecule has 0 saturated carbocycles. The average molecular weight is 1700 g/mol. The smallest absolute Gasteiger partial charge is 0.326 e. The van der Waals surface area contributed by atoms with Crippen LogP contribution in [0.5, 0.6) is 17.2 Å². The van der Waals surface area contributed by atoms with Gasteiger partial charge in [0.15, 0.2) is 0 Å². The quantitative estimate of drug-likeness (QED) is 0.0234. The molecule has 1 saturated heterocycles. The number of aliphatic hydroxyl groups is 2. The van der Waals surface area contributed by atoms with Gasteiger partial charge in [0.2, 0.25) is 88.6 Å². The number of nitrogens with zero attached hydrogens (tertiary/aromatic N) is 1. The van der Waals surface area contributed by atoms with Crippen molar-refractivity contribution < 1.29 is 127 Å². The molecule has 27 N–H and O–H groups in total. The number of nitrogens with one attached hydrogen (secondary N) is 13. The number of phenols is 3. The number of aromatic hydroxyl groups is 3. The number of rotatable bonds is 52. The van der Waals surface area contributed by atoms with Crippen molar-refractivity contribution in [3.8, 4) is 17.2 Å². The number of aliphatic carboxylic acids is 3. The lowest BCUT2D eigenvalue weighted by Crippen LogP contribution is -2.62. The SMILES string of the molecule is CC(C)C[C@H](NC(=O)[C@H](Cc1ccc(O)cc1)NC(=O)[C@H](CC(C)C)NC(=O)[C@H](CO)NC(=O)[C@H](CC(=O)O)NC(=O)[C@H](CCCCN)NC(=O)[C@H](CC(=O)O)NC(=O)[C@H](CC(C)C)NC(=O)[C@H](CO)NC(=O)[C@H](Cc1ccc(O)cc1)NC(=O)[C@@H]1CCCN1C(=O)CN)C(=O)N[C@@H](CC(N)=O)C(=O)NCC(=O)N[C@@H](Cc1ccc(O)cc1)C(=O)O. The number of amides is 15. The number of likely N-dealkylation sites (tertiary alicyclic amines) is 1. The summed E-state index contributed by atoms with van der Waals surface area (Å²) in [6.07, 6.45) is -4.24. The monoisotopic (exact) mass is 1700 g/mol. The Labute approximate surface area is 696 Å². The van der Waals surface area contributed by atoms with E-state index in [2.05, 4.69) is 69.1 Å². The van der Waals surface area contributed by atoms with E-state index in [-0.39, 0.29) is 94.5 Å². The van der Waals surface area contributed by atoms with Crippen LogP contribution in [0, 0.1) is 17.8 Å². The maximum atomic E-state index is 14.6. The Morgan fingerprint density at radius 3 is 1.07 bits per heavy atom. The van der Waals surface area contributed by atoms with Crippen molar-refractivity contribution >= 4 is 107 Å². The molecule has 0 bridgehead atoms. The summed E-state index contributed by atoms with van der Waals surface area (Å²) >= 11 is 0. The molecule has 121 heavy (non-hydrogen) atoms. The second-order valence-electron chi connectivity index (χ2n) is 30.3. The minimum atomic E-state index is -2.16. The highest BCUT2D eigenvalue weighted by atomic mass is 16.4. The number of hydrogen-bond donors (Lipinski definition) is 24. The van der Waals surface area contributed by atoms with Crippen LogP contribution in [0.1, 0.15) is 129 Å². The van der Waals surface area contributed by atoms with E-state index in [1.165, 1.54) is 77.7 Å². The highest BCUT2D eigenvalue weighted by molar-refractivity contribution is 6.02. The molecular weight excluding hydrogens is 1590 g/mol. The average Bonchev–Trinajstić information content (AvgIpc) is 1.75. The first-order valence-electron chi connectivity index (χ1n) is 39.2. The largest absolute Gasteiger partial charge is 0.508 e. The second-order valence-corrected chi connectivity index (χ2v) is 30.3. The Morgan fingerprint density at radius 1 is 0.397 bits per heavy atom. The first-order valence-corrected chi connectivity index (χ1v) is 39.2. The normalized spacial score (nSPS) is 15.4. The summed E-state index contributed by atoms with van der Waals surface area (Å²) in [5.74, 6) is -23.1. The summed E-state index contributed by atoms with van der Waals surface area (Å²) in [5, 5.41) is 111. The minimum Gasteiger partial charge on any atom is -0.508 e. The fourth-order valence-electron chi connectivity index (χ4n) is 12.6. The predicted octanol–water partition coefficient (Wildman–Crippen LogP) is -6.12. The molecule has 1 fully saturated rings. The van der Waals surface area contributed by atoms with Gasteiger partial charge in [-0.1, -0.05) is 77.9 Å². The number of carbonyl (C=O) groups is 18. The summed E-state index contributed by atoms with van der Waals surface area (Å²) in [6, 6.07) is -6.01. The number of hydrogen-bond acceptors (Lipinski definition) is 25. The van der Waals surface area contributed by atoms with Gasteiger partial charge in [0.1, 0.15) is 95.8 Å². The lowest BCUT2D eigenvalue weighted by Gasteiger charge is -2.28. The van der Waals surface area contributed by atoms with Crippen LogP contribution in [0.15, 0.2) is 72.8 Å². The number of carboxylic acid groups (broad SMARTS) is 3. The highest BCUT2D eigenvalue weighted by Crippen LogP contribution is 2.21. The first-order chi connectivity index (χ1) is 57.0. The van der Waals surface area contributed by atoms with Crippen molar-refractivity contribution in [2.24, 2.45) is 35.0 Å². The van der Waals surface area contributed by atoms with E-state index in [0.29, 0.717) is 23.1 Å². The number of nitrogens with two attached hydrogens (primary N) is 3. The van der Waals surface area contributed by atoms with E-state index in [1.807, 2.05) is 0 Å². The van der Waals surface area contributed by atoms with Crippen molar-refractivity contribution in [2.75, 3.05) is 39.4 Å². The van der Waals surface area contributed by atoms with Crippen LogP contribution in [-0.2, 0) is 106 Å². The second kappa shape index (κ2) is 50.3. The van der Waals surface area contributed by atoms with Crippen LogP contribution in [0.3, 0.4) is 0 Å². The number of carbonyl (C=O) groups excluding carboxylic acids is 15. The zero-order valence-corrected chi connectivity index (χ0v) is 67.9. The van der Waals surface area contributed by atoms with Crippen molar-refractivity contribution in [1.29, 1.82) is 0 Å². The first kappa shape index (κ1) is 101. The van der Waals surface area contributed by atoms with E-state index in [0.717, 1.165) is 0 Å². The Balaban J connectivity index is 1.54. The van der Waals surface area contributed by atoms with Gasteiger partial charge in [0, 0.05) is 25.8 Å². The van der Waals surface area contributed by atoms with Crippen LogP contribution in [0.25, 0.3) is 0 Å². The van der Waals surface area contributed by atoms with Gasteiger partial charge >= 0.3 is 17.9 Å². The van der Waals surface area contributed by atoms with Gasteiger partial charge in [-0.25, -0.2) is 4.79 Å². The Hall–Kier alpha value is -12.6. The van der Waals surface area contributed by atoms with E-state index in [1.54, 1.807) is 41.5 Å². The molecule has 0 unspecified atom stereocenters. The van der Waals surface area contributed by atoms with Gasteiger partial charge in [0.25, 0.3) is 0 Å². The maximum absolute atomic E-state index is 14.6. The lowest BCUT2D eigenvalue weighted by molar-refractivity contribution is -0.142. The highest BCUT2D eigenvalue weighted by Gasteiger charge is 2.41. The van der Waals surface area contributed by atoms with Crippen molar-refractivity contribution in [2.45, 2.75) is 210 Å². The minimum absolute atomic E-state index is 0.0240. The molecular formula is C78H113N17O26. The summed E-state index contributed by atoms with van der Waals surface area (Å²) in [6.45, 7) is 6.38. The fraction of sp³-hybridized carbons (Fsp3) is 0.538. The van der Waals surface area contributed by atoms with Gasteiger partial charge in [-0.15, -0.1) is 0 Å². The third-order valence-corrected chi connectivity index (χ3v) is 18.8. The van der Waals surface area contributed by atoms with Crippen LogP contribution < -0.4 is 86.3 Å². The molecule has 1 heterocycles. The zero-order chi connectivity index (χ0) is 90.5. The Morgan fingerprint density at radius 2 is 0.719 bits per heavy atom.